The Labute approximate surface area is 153 Å². The first kappa shape index (κ1) is 15.7. The van der Waals surface area contributed by atoms with E-state index in [9.17, 15) is 4.79 Å². The largest absolute Gasteiger partial charge is 0.454 e. The average molecular weight is 350 g/mol. The maximum Gasteiger partial charge on any atom is 0.253 e. The Morgan fingerprint density at radius 3 is 2.42 bits per heavy atom. The molecule has 0 radical (unpaired) electrons. The molecule has 5 nitrogen and oxygen atoms in total. The van der Waals surface area contributed by atoms with E-state index < -0.39 is 0 Å². The van der Waals surface area contributed by atoms with E-state index in [1.165, 1.54) is 5.56 Å². The molecular weight excluding hydrogens is 328 g/mol. The number of hydrogen-bond donors (Lipinski definition) is 0. The van der Waals surface area contributed by atoms with Crippen LogP contribution in [0.25, 0.3) is 0 Å². The smallest absolute Gasteiger partial charge is 0.253 e. The van der Waals surface area contributed by atoms with Gasteiger partial charge >= 0.3 is 0 Å². The molecule has 2 atom stereocenters. The highest BCUT2D eigenvalue weighted by atomic mass is 16.7. The monoisotopic (exact) mass is 350 g/mol. The first-order valence-electron chi connectivity index (χ1n) is 9.21. The number of ether oxygens (including phenoxy) is 2. The molecule has 0 aromatic heterocycles. The number of benzene rings is 2. The Morgan fingerprint density at radius 2 is 1.65 bits per heavy atom. The number of carbonyl (C=O) groups is 1. The summed E-state index contributed by atoms with van der Waals surface area (Å²) in [7, 11) is 0. The lowest BCUT2D eigenvalue weighted by Gasteiger charge is -2.22. The second-order valence-corrected chi connectivity index (χ2v) is 7.48. The lowest BCUT2D eigenvalue weighted by Crippen LogP contribution is -2.33. The third kappa shape index (κ3) is 2.82. The minimum absolute atomic E-state index is 0.169. The second-order valence-electron chi connectivity index (χ2n) is 7.48. The van der Waals surface area contributed by atoms with Crippen molar-refractivity contribution >= 4 is 5.91 Å². The first-order chi connectivity index (χ1) is 12.8. The van der Waals surface area contributed by atoms with Gasteiger partial charge in [-0.2, -0.15) is 0 Å². The molecule has 0 aliphatic carbocycles. The lowest BCUT2D eigenvalue weighted by molar-refractivity contribution is 0.0773. The van der Waals surface area contributed by atoms with Crippen LogP contribution in [0.2, 0.25) is 0 Å². The summed E-state index contributed by atoms with van der Waals surface area (Å²) in [4.78, 5) is 17.2. The van der Waals surface area contributed by atoms with E-state index >= 15 is 0 Å². The Hall–Kier alpha value is -2.53. The van der Waals surface area contributed by atoms with Crippen LogP contribution >= 0.6 is 0 Å². The first-order valence-corrected chi connectivity index (χ1v) is 9.21. The molecule has 5 heteroatoms. The predicted octanol–water partition coefficient (Wildman–Crippen LogP) is 2.62. The number of carbonyl (C=O) groups excluding carboxylic acids is 1. The third-order valence-electron chi connectivity index (χ3n) is 5.71. The summed E-state index contributed by atoms with van der Waals surface area (Å²) in [5, 5.41) is 0. The Bertz CT molecular complexity index is 809. The molecule has 3 aliphatic rings. The van der Waals surface area contributed by atoms with Crippen molar-refractivity contribution in [2.24, 2.45) is 11.8 Å². The average Bonchev–Trinajstić information content (AvgIpc) is 3.36. The molecule has 3 heterocycles. The van der Waals surface area contributed by atoms with E-state index in [0.29, 0.717) is 18.6 Å². The van der Waals surface area contributed by atoms with Crippen LogP contribution in [0.15, 0.2) is 48.5 Å². The van der Waals surface area contributed by atoms with Gasteiger partial charge in [0.1, 0.15) is 0 Å². The van der Waals surface area contributed by atoms with Crippen LogP contribution in [-0.2, 0) is 6.54 Å². The van der Waals surface area contributed by atoms with E-state index in [1.807, 2.05) is 41.3 Å². The fourth-order valence-corrected chi connectivity index (χ4v) is 4.45. The number of fused-ring (bicyclic) bond motifs is 2. The van der Waals surface area contributed by atoms with E-state index in [1.54, 1.807) is 0 Å². The van der Waals surface area contributed by atoms with Gasteiger partial charge in [0, 0.05) is 38.3 Å². The van der Waals surface area contributed by atoms with Gasteiger partial charge in [-0.05, 0) is 41.7 Å². The molecule has 0 bridgehead atoms. The summed E-state index contributed by atoms with van der Waals surface area (Å²) in [6.45, 7) is 5.09. The minimum atomic E-state index is 0.169. The van der Waals surface area contributed by atoms with E-state index in [-0.39, 0.29) is 5.91 Å². The van der Waals surface area contributed by atoms with Crippen molar-refractivity contribution in [1.82, 2.24) is 9.80 Å². The van der Waals surface area contributed by atoms with Crippen LogP contribution in [0.1, 0.15) is 15.9 Å². The number of hydrogen-bond acceptors (Lipinski definition) is 4. The Morgan fingerprint density at radius 1 is 0.923 bits per heavy atom. The molecule has 0 saturated carbocycles. The molecule has 0 unspecified atom stereocenters. The summed E-state index contributed by atoms with van der Waals surface area (Å²) < 4.78 is 10.9. The molecule has 26 heavy (non-hydrogen) atoms. The zero-order valence-corrected chi connectivity index (χ0v) is 14.6. The fraction of sp³-hybridized carbons (Fsp3) is 0.381. The molecule has 1 amide bonds. The van der Waals surface area contributed by atoms with Crippen LogP contribution in [0.5, 0.6) is 11.5 Å². The van der Waals surface area contributed by atoms with Crippen molar-refractivity contribution in [3.63, 3.8) is 0 Å². The van der Waals surface area contributed by atoms with Gasteiger partial charge in [0.15, 0.2) is 11.5 Å². The van der Waals surface area contributed by atoms with Gasteiger partial charge in [-0.1, -0.05) is 24.3 Å². The number of likely N-dealkylation sites (tertiary alicyclic amines) is 2. The molecule has 5 rings (SSSR count). The van der Waals surface area contributed by atoms with Crippen LogP contribution < -0.4 is 9.47 Å². The Kier molecular flexibility index (Phi) is 3.82. The van der Waals surface area contributed by atoms with Gasteiger partial charge in [-0.15, -0.1) is 0 Å². The Balaban J connectivity index is 1.20. The maximum absolute atomic E-state index is 12.6. The number of rotatable bonds is 3. The maximum atomic E-state index is 12.6. The molecule has 0 spiro atoms. The highest BCUT2D eigenvalue weighted by Gasteiger charge is 2.41. The van der Waals surface area contributed by atoms with Gasteiger partial charge < -0.3 is 14.4 Å². The van der Waals surface area contributed by atoms with Crippen molar-refractivity contribution in [3.05, 3.63) is 59.7 Å². The van der Waals surface area contributed by atoms with Gasteiger partial charge in [0.05, 0.1) is 0 Å². The summed E-state index contributed by atoms with van der Waals surface area (Å²) in [5.41, 5.74) is 2.05. The molecule has 0 N–H and O–H groups in total. The molecule has 2 aromatic rings. The van der Waals surface area contributed by atoms with Crippen molar-refractivity contribution in [2.75, 3.05) is 33.0 Å². The molecular formula is C21H22N2O3. The van der Waals surface area contributed by atoms with Gasteiger partial charge in [-0.25, -0.2) is 0 Å². The molecule has 3 aliphatic heterocycles. The SMILES string of the molecule is O=C(c1ccccc1)N1C[C@H]2CN(Cc3ccc4c(c3)OCO4)C[C@H]2C1. The van der Waals surface area contributed by atoms with Gasteiger partial charge in [0.2, 0.25) is 6.79 Å². The third-order valence-corrected chi connectivity index (χ3v) is 5.71. The standard InChI is InChI=1S/C21H22N2O3/c24-21(16-4-2-1-3-5-16)23-12-17-10-22(11-18(17)13-23)9-15-6-7-19-20(8-15)26-14-25-19/h1-8,17-18H,9-14H2/t17-,18+. The minimum Gasteiger partial charge on any atom is -0.454 e. The highest BCUT2D eigenvalue weighted by molar-refractivity contribution is 5.94. The van der Waals surface area contributed by atoms with E-state index in [2.05, 4.69) is 17.0 Å². The summed E-state index contributed by atoms with van der Waals surface area (Å²) in [5.74, 6) is 3.01. The summed E-state index contributed by atoms with van der Waals surface area (Å²) >= 11 is 0. The highest BCUT2D eigenvalue weighted by Crippen LogP contribution is 2.35. The van der Waals surface area contributed by atoms with Crippen molar-refractivity contribution in [3.8, 4) is 11.5 Å². The number of amides is 1. The van der Waals surface area contributed by atoms with Crippen molar-refractivity contribution in [1.29, 1.82) is 0 Å². The van der Waals surface area contributed by atoms with Crippen LogP contribution in [0.4, 0.5) is 0 Å². The molecule has 2 saturated heterocycles. The molecule has 134 valence electrons. The summed E-state index contributed by atoms with van der Waals surface area (Å²) in [6.07, 6.45) is 0. The van der Waals surface area contributed by atoms with Gasteiger partial charge in [-0.3, -0.25) is 9.69 Å². The van der Waals surface area contributed by atoms with Crippen LogP contribution in [0, 0.1) is 11.8 Å². The predicted molar refractivity (Wildman–Crippen MR) is 97.2 cm³/mol. The van der Waals surface area contributed by atoms with Gasteiger partial charge in [0.25, 0.3) is 5.91 Å². The topological polar surface area (TPSA) is 42.0 Å². The fourth-order valence-electron chi connectivity index (χ4n) is 4.45. The zero-order chi connectivity index (χ0) is 17.5. The van der Waals surface area contributed by atoms with Crippen molar-refractivity contribution < 1.29 is 14.3 Å². The van der Waals surface area contributed by atoms with E-state index in [0.717, 1.165) is 49.8 Å². The van der Waals surface area contributed by atoms with Crippen LogP contribution in [0.3, 0.4) is 0 Å². The normalized spacial score (nSPS) is 24.1. The quantitative estimate of drug-likeness (QED) is 0.853. The van der Waals surface area contributed by atoms with Crippen molar-refractivity contribution in [2.45, 2.75) is 6.54 Å². The second kappa shape index (κ2) is 6.32. The lowest BCUT2D eigenvalue weighted by atomic mass is 10.0. The zero-order valence-electron chi connectivity index (χ0n) is 14.6. The van der Waals surface area contributed by atoms with Crippen LogP contribution in [-0.4, -0.2) is 48.7 Å². The molecule has 2 fully saturated rings. The molecule has 2 aromatic carbocycles. The number of nitrogens with zero attached hydrogens (tertiary/aromatic N) is 2. The van der Waals surface area contributed by atoms with E-state index in [4.69, 9.17) is 9.47 Å². The summed E-state index contributed by atoms with van der Waals surface area (Å²) in [6, 6.07) is 15.8.